The summed E-state index contributed by atoms with van der Waals surface area (Å²) in [5.74, 6) is 1.18. The number of anilines is 1. The molecule has 0 aromatic heterocycles. The summed E-state index contributed by atoms with van der Waals surface area (Å²) in [6.45, 7) is 1.28. The number of carbonyl (C=O) groups is 2. The molecular weight excluding hydrogens is 292 g/mol. The van der Waals surface area contributed by atoms with E-state index in [1.165, 1.54) is 31.2 Å². The minimum Gasteiger partial charge on any atom is -0.489 e. The molecule has 0 radical (unpaired) electrons. The third kappa shape index (κ3) is 2.58. The number of ether oxygens (including phenoxy) is 1. The van der Waals surface area contributed by atoms with Crippen molar-refractivity contribution in [3.63, 3.8) is 0 Å². The van der Waals surface area contributed by atoms with Crippen LogP contribution in [0.4, 0.5) is 5.69 Å². The van der Waals surface area contributed by atoms with Crippen LogP contribution >= 0.6 is 0 Å². The van der Waals surface area contributed by atoms with Crippen molar-refractivity contribution in [2.75, 3.05) is 18.1 Å². The van der Waals surface area contributed by atoms with E-state index in [1.54, 1.807) is 0 Å². The Balaban J connectivity index is 1.67. The number of benzene rings is 1. The number of nitrogens with zero attached hydrogens (tertiary/aromatic N) is 1. The smallest absolute Gasteiger partial charge is 0.249 e. The molecular formula is C18H22N2O3. The molecule has 1 N–H and O–H groups in total. The fourth-order valence-electron chi connectivity index (χ4n) is 4.15. The minimum absolute atomic E-state index is 0.167. The lowest BCUT2D eigenvalue weighted by atomic mass is 9.94. The molecule has 2 amide bonds. The van der Waals surface area contributed by atoms with Crippen LogP contribution in [-0.4, -0.2) is 31.0 Å². The number of amides is 2. The van der Waals surface area contributed by atoms with Gasteiger partial charge in [-0.15, -0.1) is 0 Å². The molecule has 1 saturated carbocycles. The van der Waals surface area contributed by atoms with Gasteiger partial charge in [-0.1, -0.05) is 25.0 Å². The van der Waals surface area contributed by atoms with Gasteiger partial charge in [0.25, 0.3) is 0 Å². The molecule has 4 rings (SSSR count). The van der Waals surface area contributed by atoms with Gasteiger partial charge in [-0.2, -0.15) is 0 Å². The molecule has 3 aliphatic rings. The topological polar surface area (TPSA) is 58.6 Å². The molecule has 1 aromatic carbocycles. The van der Waals surface area contributed by atoms with Gasteiger partial charge in [0.15, 0.2) is 0 Å². The summed E-state index contributed by atoms with van der Waals surface area (Å²) in [5.41, 5.74) is 2.30. The lowest BCUT2D eigenvalue weighted by Crippen LogP contribution is -2.54. The number of fused-ring (bicyclic) bond motifs is 1. The third-order valence-electron chi connectivity index (χ3n) is 5.29. The van der Waals surface area contributed by atoms with E-state index in [-0.39, 0.29) is 17.9 Å². The molecule has 23 heavy (non-hydrogen) atoms. The summed E-state index contributed by atoms with van der Waals surface area (Å²) in [4.78, 5) is 25.8. The van der Waals surface area contributed by atoms with E-state index in [2.05, 4.69) is 22.3 Å². The molecule has 1 saturated heterocycles. The quantitative estimate of drug-likeness (QED) is 0.851. The molecule has 1 unspecified atom stereocenters. The highest BCUT2D eigenvalue weighted by molar-refractivity contribution is 6.01. The fourth-order valence-corrected chi connectivity index (χ4v) is 4.15. The highest BCUT2D eigenvalue weighted by Crippen LogP contribution is 2.44. The largest absolute Gasteiger partial charge is 0.489 e. The van der Waals surface area contributed by atoms with Crippen molar-refractivity contribution >= 4 is 17.5 Å². The number of nitrogens with one attached hydrogen (secondary N) is 1. The Morgan fingerprint density at radius 2 is 1.96 bits per heavy atom. The van der Waals surface area contributed by atoms with Gasteiger partial charge in [0.05, 0.1) is 12.2 Å². The summed E-state index contributed by atoms with van der Waals surface area (Å²) >= 11 is 0. The Hall–Kier alpha value is -2.04. The normalized spacial score (nSPS) is 25.0. The molecule has 1 aromatic rings. The van der Waals surface area contributed by atoms with Crippen LogP contribution in [0.1, 0.15) is 50.0 Å². The van der Waals surface area contributed by atoms with E-state index >= 15 is 0 Å². The van der Waals surface area contributed by atoms with Crippen molar-refractivity contribution in [2.24, 2.45) is 0 Å². The van der Waals surface area contributed by atoms with Crippen molar-refractivity contribution in [1.82, 2.24) is 5.32 Å². The molecule has 5 heteroatoms. The van der Waals surface area contributed by atoms with Gasteiger partial charge in [-0.05, 0) is 36.8 Å². The number of imide groups is 1. The van der Waals surface area contributed by atoms with Crippen molar-refractivity contribution < 1.29 is 14.3 Å². The van der Waals surface area contributed by atoms with Crippen LogP contribution < -0.4 is 15.0 Å². The van der Waals surface area contributed by atoms with Crippen molar-refractivity contribution in [2.45, 2.75) is 50.5 Å². The van der Waals surface area contributed by atoms with Crippen LogP contribution in [0, 0.1) is 0 Å². The van der Waals surface area contributed by atoms with Gasteiger partial charge >= 0.3 is 0 Å². The van der Waals surface area contributed by atoms with Crippen molar-refractivity contribution in [1.29, 1.82) is 0 Å². The van der Waals surface area contributed by atoms with Crippen LogP contribution in [0.15, 0.2) is 18.2 Å². The van der Waals surface area contributed by atoms with Gasteiger partial charge in [0.1, 0.15) is 18.4 Å². The number of hydrogen-bond acceptors (Lipinski definition) is 4. The molecule has 2 fully saturated rings. The highest BCUT2D eigenvalue weighted by atomic mass is 16.5. The average molecular weight is 314 g/mol. The third-order valence-corrected chi connectivity index (χ3v) is 5.29. The Kier molecular flexibility index (Phi) is 3.71. The number of piperidine rings is 1. The van der Waals surface area contributed by atoms with Crippen LogP contribution in [0.5, 0.6) is 5.75 Å². The van der Waals surface area contributed by atoms with Crippen LogP contribution in [-0.2, 0) is 9.59 Å². The van der Waals surface area contributed by atoms with Crippen molar-refractivity contribution in [3.8, 4) is 5.75 Å². The minimum atomic E-state index is -0.269. The predicted molar refractivity (Wildman–Crippen MR) is 86.7 cm³/mol. The van der Waals surface area contributed by atoms with Crippen LogP contribution in [0.3, 0.4) is 0 Å². The Bertz CT molecular complexity index is 637. The molecule has 1 atom stereocenters. The van der Waals surface area contributed by atoms with E-state index in [4.69, 9.17) is 4.74 Å². The maximum atomic E-state index is 12.2. The van der Waals surface area contributed by atoms with Crippen molar-refractivity contribution in [3.05, 3.63) is 23.8 Å². The number of rotatable bonds is 2. The lowest BCUT2D eigenvalue weighted by molar-refractivity contribution is -0.134. The van der Waals surface area contributed by atoms with E-state index in [0.717, 1.165) is 11.4 Å². The molecule has 5 nitrogen and oxygen atoms in total. The molecule has 2 aliphatic heterocycles. The van der Waals surface area contributed by atoms with Gasteiger partial charge < -0.3 is 9.64 Å². The van der Waals surface area contributed by atoms with E-state index < -0.39 is 0 Å². The maximum absolute atomic E-state index is 12.2. The number of carbonyl (C=O) groups excluding carboxylic acids is 2. The summed E-state index contributed by atoms with van der Waals surface area (Å²) < 4.78 is 6.00. The molecule has 122 valence electrons. The molecule has 0 spiro atoms. The van der Waals surface area contributed by atoms with Gasteiger partial charge in [0.2, 0.25) is 11.8 Å². The first kappa shape index (κ1) is 14.5. The monoisotopic (exact) mass is 314 g/mol. The second-order valence-electron chi connectivity index (χ2n) is 6.69. The number of para-hydroxylation sites is 1. The summed E-state index contributed by atoms with van der Waals surface area (Å²) in [6.07, 6.45) is 6.00. The summed E-state index contributed by atoms with van der Waals surface area (Å²) in [5, 5.41) is 2.47. The Morgan fingerprint density at radius 3 is 2.74 bits per heavy atom. The first-order valence-electron chi connectivity index (χ1n) is 8.60. The SMILES string of the molecule is O=C1CCC(N2CCOc3c(C4CCCC4)cccc32)C(=O)N1. The molecule has 2 heterocycles. The zero-order valence-corrected chi connectivity index (χ0v) is 13.2. The van der Waals surface area contributed by atoms with Gasteiger partial charge in [0, 0.05) is 6.42 Å². The second-order valence-corrected chi connectivity index (χ2v) is 6.69. The predicted octanol–water partition coefficient (Wildman–Crippen LogP) is 2.35. The fraction of sp³-hybridized carbons (Fsp3) is 0.556. The van der Waals surface area contributed by atoms with E-state index in [9.17, 15) is 9.59 Å². The zero-order valence-electron chi connectivity index (χ0n) is 13.2. The van der Waals surface area contributed by atoms with E-state index in [1.807, 2.05) is 6.07 Å². The number of hydrogen-bond donors (Lipinski definition) is 1. The standard InChI is InChI=1S/C18H22N2O3/c21-16-9-8-15(18(22)19-16)20-10-11-23-17-13(6-3-7-14(17)20)12-4-1-2-5-12/h3,6-7,12,15H,1-2,4-5,8-11H2,(H,19,21,22). The molecule has 0 bridgehead atoms. The average Bonchev–Trinajstić information content (AvgIpc) is 3.08. The van der Waals surface area contributed by atoms with Gasteiger partial charge in [-0.3, -0.25) is 14.9 Å². The van der Waals surface area contributed by atoms with Crippen LogP contribution in [0.25, 0.3) is 0 Å². The first-order chi connectivity index (χ1) is 11.2. The Morgan fingerprint density at radius 1 is 1.13 bits per heavy atom. The maximum Gasteiger partial charge on any atom is 0.249 e. The Labute approximate surface area is 136 Å². The van der Waals surface area contributed by atoms with E-state index in [0.29, 0.717) is 31.9 Å². The molecule has 1 aliphatic carbocycles. The zero-order chi connectivity index (χ0) is 15.8. The summed E-state index contributed by atoms with van der Waals surface area (Å²) in [7, 11) is 0. The second kappa shape index (κ2) is 5.87. The first-order valence-corrected chi connectivity index (χ1v) is 8.60. The van der Waals surface area contributed by atoms with Gasteiger partial charge in [-0.25, -0.2) is 0 Å². The summed E-state index contributed by atoms with van der Waals surface area (Å²) in [6, 6.07) is 6.01. The highest BCUT2D eigenvalue weighted by Gasteiger charge is 2.35. The lowest BCUT2D eigenvalue weighted by Gasteiger charge is -2.39. The van der Waals surface area contributed by atoms with Crippen LogP contribution in [0.2, 0.25) is 0 Å².